The van der Waals surface area contributed by atoms with Crippen LogP contribution in [0.1, 0.15) is 11.1 Å². The summed E-state index contributed by atoms with van der Waals surface area (Å²) in [5.41, 5.74) is 1.60. The van der Waals surface area contributed by atoms with Crippen molar-refractivity contribution in [3.05, 3.63) is 45.5 Å². The summed E-state index contributed by atoms with van der Waals surface area (Å²) >= 11 is 5.46. The van der Waals surface area contributed by atoms with Gasteiger partial charge in [-0.05, 0) is 12.5 Å². The zero-order valence-corrected chi connectivity index (χ0v) is 8.49. The molecule has 1 aromatic rings. The van der Waals surface area contributed by atoms with Gasteiger partial charge in [-0.25, -0.2) is 0 Å². The Morgan fingerprint density at radius 1 is 1.57 bits per heavy atom. The van der Waals surface area contributed by atoms with E-state index in [1.807, 2.05) is 6.07 Å². The lowest BCUT2D eigenvalue weighted by Gasteiger charge is -1.98. The fourth-order valence-electron chi connectivity index (χ4n) is 1.11. The summed E-state index contributed by atoms with van der Waals surface area (Å²) in [6, 6.07) is 5.09. The second kappa shape index (κ2) is 4.77. The Kier molecular flexibility index (Phi) is 3.65. The monoisotopic (exact) mass is 211 g/mol. The quantitative estimate of drug-likeness (QED) is 0.438. The zero-order chi connectivity index (χ0) is 10.6. The van der Waals surface area contributed by atoms with Gasteiger partial charge in [0.1, 0.15) is 0 Å². The first-order valence-electron chi connectivity index (χ1n) is 4.12. The van der Waals surface area contributed by atoms with E-state index in [0.717, 1.165) is 5.56 Å². The summed E-state index contributed by atoms with van der Waals surface area (Å²) in [5, 5.41) is 10.6. The maximum Gasteiger partial charge on any atom is 0.272 e. The second-order valence-electron chi connectivity index (χ2n) is 2.86. The Bertz CT molecular complexity index is 374. The molecule has 0 heterocycles. The molecule has 0 atom stereocenters. The molecule has 0 radical (unpaired) electrons. The molecule has 14 heavy (non-hydrogen) atoms. The summed E-state index contributed by atoms with van der Waals surface area (Å²) < 4.78 is 0. The standard InChI is InChI=1S/C10H10ClNO2/c1-8-4-5-9(3-2-6-11)7-10(8)12(13)14/h2-5,7H,6H2,1H3. The van der Waals surface area contributed by atoms with Crippen LogP contribution in [-0.4, -0.2) is 10.8 Å². The summed E-state index contributed by atoms with van der Waals surface area (Å²) in [6.07, 6.45) is 3.51. The van der Waals surface area contributed by atoms with E-state index in [-0.39, 0.29) is 10.6 Å². The number of nitrogens with zero attached hydrogens (tertiary/aromatic N) is 1. The van der Waals surface area contributed by atoms with E-state index in [9.17, 15) is 10.1 Å². The van der Waals surface area contributed by atoms with Crippen LogP contribution in [0.2, 0.25) is 0 Å². The van der Waals surface area contributed by atoms with Crippen molar-refractivity contribution in [2.24, 2.45) is 0 Å². The molecule has 0 amide bonds. The molecule has 0 aliphatic rings. The molecule has 1 rings (SSSR count). The maximum atomic E-state index is 10.6. The van der Waals surface area contributed by atoms with Crippen molar-refractivity contribution in [1.29, 1.82) is 0 Å². The van der Waals surface area contributed by atoms with Gasteiger partial charge in [0.05, 0.1) is 4.92 Å². The predicted octanol–water partition coefficient (Wildman–Crippen LogP) is 3.16. The number of alkyl halides is 1. The zero-order valence-electron chi connectivity index (χ0n) is 7.74. The molecule has 3 nitrogen and oxygen atoms in total. The van der Waals surface area contributed by atoms with E-state index in [1.165, 1.54) is 0 Å². The Labute approximate surface area is 87.2 Å². The van der Waals surface area contributed by atoms with Crippen LogP contribution >= 0.6 is 11.6 Å². The smallest absolute Gasteiger partial charge is 0.258 e. The van der Waals surface area contributed by atoms with Crippen molar-refractivity contribution < 1.29 is 4.92 Å². The average molecular weight is 212 g/mol. The van der Waals surface area contributed by atoms with E-state index in [4.69, 9.17) is 11.6 Å². The van der Waals surface area contributed by atoms with Crippen LogP contribution < -0.4 is 0 Å². The first-order valence-corrected chi connectivity index (χ1v) is 4.66. The van der Waals surface area contributed by atoms with Crippen molar-refractivity contribution in [3.63, 3.8) is 0 Å². The molecule has 0 unspecified atom stereocenters. The van der Waals surface area contributed by atoms with Gasteiger partial charge in [0.15, 0.2) is 0 Å². The fraction of sp³-hybridized carbons (Fsp3) is 0.200. The number of halogens is 1. The maximum absolute atomic E-state index is 10.6. The molecule has 0 aliphatic carbocycles. The molecule has 4 heteroatoms. The highest BCUT2D eigenvalue weighted by atomic mass is 35.5. The Morgan fingerprint density at radius 2 is 2.29 bits per heavy atom. The van der Waals surface area contributed by atoms with Crippen LogP contribution in [0, 0.1) is 17.0 Å². The van der Waals surface area contributed by atoms with Gasteiger partial charge >= 0.3 is 0 Å². The summed E-state index contributed by atoms with van der Waals surface area (Å²) in [6.45, 7) is 1.72. The van der Waals surface area contributed by atoms with Gasteiger partial charge < -0.3 is 0 Å². The molecular formula is C10H10ClNO2. The number of allylic oxidation sites excluding steroid dienone is 1. The van der Waals surface area contributed by atoms with E-state index < -0.39 is 0 Å². The second-order valence-corrected chi connectivity index (χ2v) is 3.17. The Balaban J connectivity index is 3.06. The summed E-state index contributed by atoms with van der Waals surface area (Å²) in [5.74, 6) is 0.404. The number of hydrogen-bond acceptors (Lipinski definition) is 2. The Hall–Kier alpha value is -1.35. The molecule has 1 aromatic carbocycles. The van der Waals surface area contributed by atoms with Gasteiger partial charge in [-0.2, -0.15) is 0 Å². The van der Waals surface area contributed by atoms with Gasteiger partial charge in [-0.15, -0.1) is 11.6 Å². The van der Waals surface area contributed by atoms with Gasteiger partial charge in [-0.3, -0.25) is 10.1 Å². The van der Waals surface area contributed by atoms with E-state index >= 15 is 0 Å². The molecule has 0 N–H and O–H groups in total. The number of rotatable bonds is 3. The van der Waals surface area contributed by atoms with Crippen LogP contribution in [-0.2, 0) is 0 Å². The van der Waals surface area contributed by atoms with E-state index in [2.05, 4.69) is 0 Å². The minimum atomic E-state index is -0.382. The third-order valence-corrected chi connectivity index (χ3v) is 2.01. The number of nitro benzene ring substituents is 1. The van der Waals surface area contributed by atoms with Crippen molar-refractivity contribution in [3.8, 4) is 0 Å². The van der Waals surface area contributed by atoms with Crippen LogP contribution in [0.5, 0.6) is 0 Å². The lowest BCUT2D eigenvalue weighted by Crippen LogP contribution is -1.91. The number of nitro groups is 1. The first-order chi connectivity index (χ1) is 6.65. The predicted molar refractivity (Wildman–Crippen MR) is 57.6 cm³/mol. The summed E-state index contributed by atoms with van der Waals surface area (Å²) in [4.78, 5) is 10.2. The largest absolute Gasteiger partial charge is 0.272 e. The van der Waals surface area contributed by atoms with Crippen molar-refractivity contribution in [2.45, 2.75) is 6.92 Å². The van der Waals surface area contributed by atoms with Crippen LogP contribution in [0.4, 0.5) is 5.69 Å². The highest BCUT2D eigenvalue weighted by molar-refractivity contribution is 6.19. The van der Waals surface area contributed by atoms with Gasteiger partial charge in [0, 0.05) is 17.5 Å². The van der Waals surface area contributed by atoms with E-state index in [0.29, 0.717) is 11.4 Å². The molecule has 0 aromatic heterocycles. The minimum Gasteiger partial charge on any atom is -0.258 e. The van der Waals surface area contributed by atoms with Crippen molar-refractivity contribution in [1.82, 2.24) is 0 Å². The molecule has 0 aliphatic heterocycles. The highest BCUT2D eigenvalue weighted by Gasteiger charge is 2.09. The molecule has 0 bridgehead atoms. The normalized spacial score (nSPS) is 10.7. The average Bonchev–Trinajstić information content (AvgIpc) is 2.16. The van der Waals surface area contributed by atoms with Crippen molar-refractivity contribution in [2.75, 3.05) is 5.88 Å². The number of aryl methyl sites for hydroxylation is 1. The number of hydrogen-bond donors (Lipinski definition) is 0. The first kappa shape index (κ1) is 10.7. The molecule has 0 fully saturated rings. The summed E-state index contributed by atoms with van der Waals surface area (Å²) in [7, 11) is 0. The van der Waals surface area contributed by atoms with Crippen LogP contribution in [0.15, 0.2) is 24.3 Å². The molecule has 0 spiro atoms. The lowest BCUT2D eigenvalue weighted by atomic mass is 10.1. The van der Waals surface area contributed by atoms with Crippen molar-refractivity contribution >= 4 is 23.4 Å². The van der Waals surface area contributed by atoms with Crippen LogP contribution in [0.3, 0.4) is 0 Å². The highest BCUT2D eigenvalue weighted by Crippen LogP contribution is 2.19. The third-order valence-electron chi connectivity index (χ3n) is 1.83. The molecule has 0 saturated carbocycles. The molecule has 74 valence electrons. The van der Waals surface area contributed by atoms with Crippen LogP contribution in [0.25, 0.3) is 6.08 Å². The van der Waals surface area contributed by atoms with Gasteiger partial charge in [-0.1, -0.05) is 24.3 Å². The Morgan fingerprint density at radius 3 is 2.86 bits per heavy atom. The minimum absolute atomic E-state index is 0.140. The molecule has 0 saturated heterocycles. The third kappa shape index (κ3) is 2.57. The van der Waals surface area contributed by atoms with E-state index in [1.54, 1.807) is 31.2 Å². The molecular weight excluding hydrogens is 202 g/mol. The lowest BCUT2D eigenvalue weighted by molar-refractivity contribution is -0.385. The van der Waals surface area contributed by atoms with Gasteiger partial charge in [0.2, 0.25) is 0 Å². The fourth-order valence-corrected chi connectivity index (χ4v) is 1.20. The topological polar surface area (TPSA) is 43.1 Å². The number of benzene rings is 1. The van der Waals surface area contributed by atoms with Gasteiger partial charge in [0.25, 0.3) is 5.69 Å². The SMILES string of the molecule is Cc1ccc(C=CCCl)cc1[N+](=O)[O-].